The summed E-state index contributed by atoms with van der Waals surface area (Å²) >= 11 is 1.27. The van der Waals surface area contributed by atoms with Gasteiger partial charge in [-0.3, -0.25) is 14.5 Å². The zero-order valence-electron chi connectivity index (χ0n) is 22.1. The van der Waals surface area contributed by atoms with Crippen LogP contribution >= 0.6 is 11.3 Å². The highest BCUT2D eigenvalue weighted by Gasteiger charge is 2.48. The Morgan fingerprint density at radius 3 is 2.50 bits per heavy atom. The van der Waals surface area contributed by atoms with E-state index in [1.54, 1.807) is 54.6 Å². The number of carbonyl (C=O) groups excluding carboxylic acids is 2. The molecule has 1 fully saturated rings. The number of aliphatic hydroxyl groups excluding tert-OH is 1. The van der Waals surface area contributed by atoms with Gasteiger partial charge in [-0.2, -0.15) is 0 Å². The second-order valence-corrected chi connectivity index (χ2v) is 9.84. The van der Waals surface area contributed by atoms with Crippen LogP contribution in [-0.2, 0) is 9.59 Å². The van der Waals surface area contributed by atoms with Crippen LogP contribution in [0.3, 0.4) is 0 Å². The minimum atomic E-state index is -0.959. The Balaban J connectivity index is 1.70. The topological polar surface area (TPSA) is 98.2 Å². The van der Waals surface area contributed by atoms with Crippen LogP contribution in [0, 0.1) is 0 Å². The monoisotopic (exact) mass is 556 g/mol. The standard InChI is InChI=1S/C31H28N2O6S/c1-4-16-39-23-15-12-20(17-24(23)38-6-3)27-26(28(34)19-10-8-7-9-11-19)29(35)30(36)33(27)31-32-22-14-13-21(37-5-2)18-25(22)40-31/h4,7-15,17-18,27,34H,1,5-6,16H2,2-3H3/b28-26+. The number of aliphatic hydroxyl groups is 1. The Labute approximate surface area is 235 Å². The van der Waals surface area contributed by atoms with Gasteiger partial charge in [-0.15, -0.1) is 0 Å². The molecule has 1 saturated heterocycles. The third kappa shape index (κ3) is 5.03. The quantitative estimate of drug-likeness (QED) is 0.106. The van der Waals surface area contributed by atoms with E-state index >= 15 is 0 Å². The lowest BCUT2D eigenvalue weighted by atomic mass is 9.95. The number of hydrogen-bond acceptors (Lipinski definition) is 8. The Kier molecular flexibility index (Phi) is 7.84. The molecule has 4 aromatic rings. The molecule has 0 aliphatic carbocycles. The predicted octanol–water partition coefficient (Wildman–Crippen LogP) is 6.28. The number of amides is 1. The van der Waals surface area contributed by atoms with Crippen LogP contribution in [0.1, 0.15) is 31.0 Å². The number of rotatable bonds is 10. The first kappa shape index (κ1) is 27.0. The first-order valence-electron chi connectivity index (χ1n) is 12.9. The summed E-state index contributed by atoms with van der Waals surface area (Å²) in [6.07, 6.45) is 1.63. The Morgan fingerprint density at radius 1 is 1.00 bits per heavy atom. The van der Waals surface area contributed by atoms with E-state index in [1.165, 1.54) is 16.2 Å². The number of ketones is 1. The first-order chi connectivity index (χ1) is 19.5. The molecule has 1 aliphatic rings. The van der Waals surface area contributed by atoms with Crippen LogP contribution in [0.25, 0.3) is 16.0 Å². The molecule has 0 saturated carbocycles. The molecule has 40 heavy (non-hydrogen) atoms. The van der Waals surface area contributed by atoms with Gasteiger partial charge in [-0.25, -0.2) is 4.98 Å². The largest absolute Gasteiger partial charge is 0.507 e. The third-order valence-corrected chi connectivity index (χ3v) is 7.31. The van der Waals surface area contributed by atoms with E-state index in [-0.39, 0.29) is 17.9 Å². The molecule has 3 aromatic carbocycles. The van der Waals surface area contributed by atoms with E-state index in [0.29, 0.717) is 52.2 Å². The molecule has 0 radical (unpaired) electrons. The van der Waals surface area contributed by atoms with Crippen molar-refractivity contribution < 1.29 is 28.9 Å². The van der Waals surface area contributed by atoms with Gasteiger partial charge in [0.1, 0.15) is 18.1 Å². The van der Waals surface area contributed by atoms with E-state index in [4.69, 9.17) is 14.2 Å². The van der Waals surface area contributed by atoms with Crippen LogP contribution in [0.5, 0.6) is 17.2 Å². The van der Waals surface area contributed by atoms with E-state index in [9.17, 15) is 14.7 Å². The Hall–Kier alpha value is -4.63. The summed E-state index contributed by atoms with van der Waals surface area (Å²) in [6, 6.07) is 18.4. The van der Waals surface area contributed by atoms with Gasteiger partial charge in [0.25, 0.3) is 5.78 Å². The average Bonchev–Trinajstić information content (AvgIpc) is 3.50. The van der Waals surface area contributed by atoms with Gasteiger partial charge in [0, 0.05) is 5.56 Å². The summed E-state index contributed by atoms with van der Waals surface area (Å²) in [5, 5.41) is 11.7. The lowest BCUT2D eigenvalue weighted by Crippen LogP contribution is -2.29. The molecule has 1 amide bonds. The number of Topliss-reactive ketones (excluding diaryl/α,β-unsaturated/α-hetero) is 1. The molecule has 0 spiro atoms. The molecular weight excluding hydrogens is 528 g/mol. The van der Waals surface area contributed by atoms with Crippen molar-refractivity contribution in [1.29, 1.82) is 0 Å². The molecule has 0 bridgehead atoms. The zero-order valence-corrected chi connectivity index (χ0v) is 22.9. The van der Waals surface area contributed by atoms with Crippen molar-refractivity contribution in [1.82, 2.24) is 4.98 Å². The molecule has 1 N–H and O–H groups in total. The van der Waals surface area contributed by atoms with Crippen LogP contribution < -0.4 is 19.1 Å². The number of fused-ring (bicyclic) bond motifs is 1. The molecule has 1 unspecified atom stereocenters. The van der Waals surface area contributed by atoms with Crippen molar-refractivity contribution in [2.45, 2.75) is 19.9 Å². The summed E-state index contributed by atoms with van der Waals surface area (Å²) < 4.78 is 18.0. The van der Waals surface area contributed by atoms with Gasteiger partial charge in [-0.05, 0) is 49.7 Å². The molecule has 2 heterocycles. The predicted molar refractivity (Wildman–Crippen MR) is 155 cm³/mol. The summed E-state index contributed by atoms with van der Waals surface area (Å²) in [5.41, 5.74) is 1.61. The van der Waals surface area contributed by atoms with Gasteiger partial charge >= 0.3 is 5.91 Å². The number of thiazole rings is 1. The van der Waals surface area contributed by atoms with Gasteiger partial charge in [0.2, 0.25) is 0 Å². The smallest absolute Gasteiger partial charge is 0.301 e. The van der Waals surface area contributed by atoms with Gasteiger partial charge < -0.3 is 19.3 Å². The Morgan fingerprint density at radius 2 is 1.77 bits per heavy atom. The molecule has 9 heteroatoms. The molecule has 8 nitrogen and oxygen atoms in total. The number of carbonyl (C=O) groups is 2. The second kappa shape index (κ2) is 11.6. The van der Waals surface area contributed by atoms with Gasteiger partial charge in [-0.1, -0.05) is 60.4 Å². The number of aromatic nitrogens is 1. The highest BCUT2D eigenvalue weighted by molar-refractivity contribution is 7.22. The summed E-state index contributed by atoms with van der Waals surface area (Å²) in [5.74, 6) is -0.227. The zero-order chi connectivity index (χ0) is 28.2. The van der Waals surface area contributed by atoms with E-state index in [2.05, 4.69) is 11.6 Å². The molecule has 204 valence electrons. The number of ether oxygens (including phenoxy) is 3. The van der Waals surface area contributed by atoms with Crippen molar-refractivity contribution in [3.05, 3.63) is 96.1 Å². The summed E-state index contributed by atoms with van der Waals surface area (Å²) in [4.78, 5) is 33.2. The molecule has 1 aromatic heterocycles. The maximum atomic E-state index is 13.6. The van der Waals surface area contributed by atoms with Crippen molar-refractivity contribution >= 4 is 44.1 Å². The Bertz CT molecular complexity index is 1610. The fourth-order valence-corrected chi connectivity index (χ4v) is 5.60. The minimum Gasteiger partial charge on any atom is -0.507 e. The van der Waals surface area contributed by atoms with E-state index in [0.717, 1.165) is 4.70 Å². The second-order valence-electron chi connectivity index (χ2n) is 8.83. The summed E-state index contributed by atoms with van der Waals surface area (Å²) in [6.45, 7) is 8.61. The minimum absolute atomic E-state index is 0.0346. The van der Waals surface area contributed by atoms with E-state index < -0.39 is 17.7 Å². The maximum absolute atomic E-state index is 13.6. The van der Waals surface area contributed by atoms with Crippen molar-refractivity contribution in [3.63, 3.8) is 0 Å². The summed E-state index contributed by atoms with van der Waals surface area (Å²) in [7, 11) is 0. The number of anilines is 1. The highest BCUT2D eigenvalue weighted by atomic mass is 32.1. The fourth-order valence-electron chi connectivity index (χ4n) is 4.58. The van der Waals surface area contributed by atoms with E-state index in [1.807, 2.05) is 32.0 Å². The molecule has 5 rings (SSSR count). The first-order valence-corrected chi connectivity index (χ1v) is 13.7. The van der Waals surface area contributed by atoms with Gasteiger partial charge in [0.05, 0.1) is 35.0 Å². The number of benzene rings is 3. The third-order valence-electron chi connectivity index (χ3n) is 6.30. The molecular formula is C31H28N2O6S. The van der Waals surface area contributed by atoms with Crippen molar-refractivity contribution in [3.8, 4) is 17.2 Å². The van der Waals surface area contributed by atoms with Crippen LogP contribution in [-0.4, -0.2) is 41.6 Å². The lowest BCUT2D eigenvalue weighted by Gasteiger charge is -2.24. The van der Waals surface area contributed by atoms with Crippen molar-refractivity contribution in [2.24, 2.45) is 0 Å². The number of hydrogen-bond donors (Lipinski definition) is 1. The van der Waals surface area contributed by atoms with Crippen molar-refractivity contribution in [2.75, 3.05) is 24.7 Å². The number of nitrogens with zero attached hydrogens (tertiary/aromatic N) is 2. The van der Waals surface area contributed by atoms with Gasteiger partial charge in [0.15, 0.2) is 16.6 Å². The average molecular weight is 557 g/mol. The lowest BCUT2D eigenvalue weighted by molar-refractivity contribution is -0.132. The molecule has 1 atom stereocenters. The molecule has 1 aliphatic heterocycles. The normalized spacial score (nSPS) is 16.4. The van der Waals surface area contributed by atoms with Crippen LogP contribution in [0.2, 0.25) is 0 Å². The fraction of sp³-hybridized carbons (Fsp3) is 0.194. The SMILES string of the molecule is C=CCOc1ccc(C2/C(=C(\O)c3ccccc3)C(=O)C(=O)N2c2nc3ccc(OCC)cc3s2)cc1OCC. The maximum Gasteiger partial charge on any atom is 0.301 e. The van der Waals surface area contributed by atoms with Crippen LogP contribution in [0.4, 0.5) is 5.13 Å². The van der Waals surface area contributed by atoms with Crippen LogP contribution in [0.15, 0.2) is 85.0 Å². The highest BCUT2D eigenvalue weighted by Crippen LogP contribution is 2.46.